The summed E-state index contributed by atoms with van der Waals surface area (Å²) >= 11 is 0. The standard InChI is InChI=1S/C29H35N9/c1-35-10-12-37(13-11-35)27-8-6-21(15-31-27)24-18-33-29-28(34-24)23(17-32-29)20-5-7-25-26(14-20)38(19-36(25)2)22-4-3-9-30-16-22/h5-8,14-15,17-18,22,30H,3-4,9-13,16,19H2,1-2H3,(H,32,33). The summed E-state index contributed by atoms with van der Waals surface area (Å²) in [7, 11) is 4.35. The molecule has 9 nitrogen and oxygen atoms in total. The molecule has 7 rings (SSSR count). The van der Waals surface area contributed by atoms with Crippen molar-refractivity contribution in [1.82, 2.24) is 30.2 Å². The van der Waals surface area contributed by atoms with Crippen LogP contribution in [0.4, 0.5) is 17.2 Å². The molecule has 0 bridgehead atoms. The fraction of sp³-hybridized carbons (Fsp3) is 0.414. The molecule has 1 aromatic carbocycles. The predicted molar refractivity (Wildman–Crippen MR) is 154 cm³/mol. The van der Waals surface area contributed by atoms with Crippen molar-refractivity contribution in [1.29, 1.82) is 0 Å². The molecule has 2 saturated heterocycles. The fourth-order valence-corrected chi connectivity index (χ4v) is 6.05. The number of hydrogen-bond acceptors (Lipinski definition) is 8. The molecule has 3 aliphatic rings. The van der Waals surface area contributed by atoms with Crippen molar-refractivity contribution >= 4 is 28.4 Å². The first-order chi connectivity index (χ1) is 18.6. The lowest BCUT2D eigenvalue weighted by Gasteiger charge is -2.33. The van der Waals surface area contributed by atoms with Gasteiger partial charge >= 0.3 is 0 Å². The first-order valence-corrected chi connectivity index (χ1v) is 13.7. The Balaban J connectivity index is 1.19. The summed E-state index contributed by atoms with van der Waals surface area (Å²) in [5, 5.41) is 3.58. The number of pyridine rings is 1. The fourth-order valence-electron chi connectivity index (χ4n) is 6.05. The minimum absolute atomic E-state index is 0.526. The Bertz CT molecular complexity index is 1430. The summed E-state index contributed by atoms with van der Waals surface area (Å²) in [6.07, 6.45) is 8.26. The van der Waals surface area contributed by atoms with E-state index in [0.29, 0.717) is 6.04 Å². The maximum atomic E-state index is 5.06. The second kappa shape index (κ2) is 9.56. The number of benzene rings is 1. The van der Waals surface area contributed by atoms with Gasteiger partial charge in [-0.25, -0.2) is 15.0 Å². The highest BCUT2D eigenvalue weighted by Crippen LogP contribution is 2.41. The molecule has 1 unspecified atom stereocenters. The van der Waals surface area contributed by atoms with E-state index in [1.54, 1.807) is 0 Å². The zero-order chi connectivity index (χ0) is 25.6. The summed E-state index contributed by atoms with van der Waals surface area (Å²) in [5.74, 6) is 1.03. The van der Waals surface area contributed by atoms with E-state index in [9.17, 15) is 0 Å². The van der Waals surface area contributed by atoms with Crippen molar-refractivity contribution in [3.8, 4) is 22.4 Å². The number of rotatable bonds is 4. The third-order valence-corrected chi connectivity index (χ3v) is 8.33. The van der Waals surface area contributed by atoms with Crippen molar-refractivity contribution < 1.29 is 0 Å². The molecule has 4 aromatic rings. The van der Waals surface area contributed by atoms with E-state index >= 15 is 0 Å². The van der Waals surface area contributed by atoms with Gasteiger partial charge in [0.2, 0.25) is 0 Å². The van der Waals surface area contributed by atoms with Gasteiger partial charge in [0, 0.05) is 69.3 Å². The number of hydrogen-bond donors (Lipinski definition) is 2. The number of aromatic nitrogens is 4. The zero-order valence-corrected chi connectivity index (χ0v) is 22.2. The second-order valence-electron chi connectivity index (χ2n) is 10.9. The summed E-state index contributed by atoms with van der Waals surface area (Å²) < 4.78 is 0. The van der Waals surface area contributed by atoms with Crippen molar-refractivity contribution in [3.63, 3.8) is 0 Å². The highest BCUT2D eigenvalue weighted by Gasteiger charge is 2.30. The van der Waals surface area contributed by atoms with Crippen molar-refractivity contribution in [2.45, 2.75) is 18.9 Å². The number of fused-ring (bicyclic) bond motifs is 2. The normalized spacial score (nSPS) is 20.4. The number of likely N-dealkylation sites (N-methyl/N-ethyl adjacent to an activating group) is 1. The highest BCUT2D eigenvalue weighted by molar-refractivity contribution is 5.94. The summed E-state index contributed by atoms with van der Waals surface area (Å²) in [5.41, 5.74) is 8.35. The van der Waals surface area contributed by atoms with E-state index in [1.807, 2.05) is 18.6 Å². The van der Waals surface area contributed by atoms with Crippen LogP contribution < -0.4 is 20.0 Å². The van der Waals surface area contributed by atoms with Crippen molar-refractivity contribution in [2.24, 2.45) is 0 Å². The van der Waals surface area contributed by atoms with Crippen LogP contribution in [-0.2, 0) is 0 Å². The first kappa shape index (κ1) is 23.4. The van der Waals surface area contributed by atoms with Crippen LogP contribution in [0.5, 0.6) is 0 Å². The number of H-pyrrole nitrogens is 1. The Hall–Kier alpha value is -3.69. The molecule has 0 aliphatic carbocycles. The minimum Gasteiger partial charge on any atom is -0.355 e. The number of aromatic amines is 1. The molecular formula is C29H35N9. The molecule has 0 saturated carbocycles. The third-order valence-electron chi connectivity index (χ3n) is 8.33. The average molecular weight is 510 g/mol. The SMILES string of the molecule is CN1CCN(c2ccc(-c3cnc4[nH]cc(-c5ccc6c(c5)N(C5CCCNC5)CN6C)c4n3)cn2)CC1. The van der Waals surface area contributed by atoms with E-state index in [2.05, 4.69) is 74.3 Å². The van der Waals surface area contributed by atoms with Gasteiger partial charge in [-0.05, 0) is 56.3 Å². The number of anilines is 3. The molecule has 38 heavy (non-hydrogen) atoms. The number of nitrogens with one attached hydrogen (secondary N) is 2. The lowest BCUT2D eigenvalue weighted by molar-refractivity contribution is 0.312. The van der Waals surface area contributed by atoms with Crippen LogP contribution in [-0.4, -0.2) is 90.9 Å². The van der Waals surface area contributed by atoms with Crippen molar-refractivity contribution in [3.05, 3.63) is 48.9 Å². The van der Waals surface area contributed by atoms with E-state index in [0.717, 1.165) is 85.3 Å². The molecular weight excluding hydrogens is 474 g/mol. The second-order valence-corrected chi connectivity index (χ2v) is 10.9. The zero-order valence-electron chi connectivity index (χ0n) is 22.2. The first-order valence-electron chi connectivity index (χ1n) is 13.7. The largest absolute Gasteiger partial charge is 0.355 e. The van der Waals surface area contributed by atoms with E-state index in [-0.39, 0.29) is 0 Å². The number of nitrogens with zero attached hydrogens (tertiary/aromatic N) is 7. The van der Waals surface area contributed by atoms with Gasteiger partial charge in [0.25, 0.3) is 0 Å². The molecule has 1 atom stereocenters. The smallest absolute Gasteiger partial charge is 0.156 e. The maximum Gasteiger partial charge on any atom is 0.156 e. The molecule has 2 N–H and O–H groups in total. The van der Waals surface area contributed by atoms with Crippen LogP contribution in [0.2, 0.25) is 0 Å². The average Bonchev–Trinajstić information content (AvgIpc) is 3.54. The molecule has 9 heteroatoms. The molecule has 0 radical (unpaired) electrons. The van der Waals surface area contributed by atoms with Gasteiger partial charge in [0.05, 0.1) is 29.9 Å². The highest BCUT2D eigenvalue weighted by atomic mass is 15.4. The molecule has 6 heterocycles. The summed E-state index contributed by atoms with van der Waals surface area (Å²) in [6, 6.07) is 11.5. The van der Waals surface area contributed by atoms with Gasteiger partial charge in [0.15, 0.2) is 5.65 Å². The van der Waals surface area contributed by atoms with Crippen LogP contribution in [0.15, 0.2) is 48.9 Å². The quantitative estimate of drug-likeness (QED) is 0.433. The van der Waals surface area contributed by atoms with Gasteiger partial charge in [-0.1, -0.05) is 6.07 Å². The Kier molecular flexibility index (Phi) is 5.89. The van der Waals surface area contributed by atoms with E-state index in [4.69, 9.17) is 15.0 Å². The van der Waals surface area contributed by atoms with E-state index < -0.39 is 0 Å². The van der Waals surface area contributed by atoms with Gasteiger partial charge in [-0.3, -0.25) is 0 Å². The summed E-state index contributed by atoms with van der Waals surface area (Å²) in [4.78, 5) is 27.5. The Morgan fingerprint density at radius 2 is 1.79 bits per heavy atom. The predicted octanol–water partition coefficient (Wildman–Crippen LogP) is 3.40. The summed E-state index contributed by atoms with van der Waals surface area (Å²) in [6.45, 7) is 7.24. The van der Waals surface area contributed by atoms with Gasteiger partial charge in [-0.2, -0.15) is 0 Å². The Morgan fingerprint density at radius 1 is 0.921 bits per heavy atom. The molecule has 0 spiro atoms. The maximum absolute atomic E-state index is 5.06. The number of piperazine rings is 1. The van der Waals surface area contributed by atoms with Gasteiger partial charge < -0.3 is 29.9 Å². The van der Waals surface area contributed by atoms with Crippen LogP contribution in [0.1, 0.15) is 12.8 Å². The van der Waals surface area contributed by atoms with Crippen molar-refractivity contribution in [2.75, 3.05) is 74.7 Å². The van der Waals surface area contributed by atoms with Crippen LogP contribution in [0.25, 0.3) is 33.5 Å². The minimum atomic E-state index is 0.526. The lowest BCUT2D eigenvalue weighted by atomic mass is 10.0. The molecule has 0 amide bonds. The lowest BCUT2D eigenvalue weighted by Crippen LogP contribution is -2.47. The Labute approximate surface area is 223 Å². The van der Waals surface area contributed by atoms with Gasteiger partial charge in [0.1, 0.15) is 11.3 Å². The molecule has 2 fully saturated rings. The van der Waals surface area contributed by atoms with Gasteiger partial charge in [-0.15, -0.1) is 0 Å². The molecule has 3 aliphatic heterocycles. The molecule has 3 aromatic heterocycles. The Morgan fingerprint density at radius 3 is 2.58 bits per heavy atom. The van der Waals surface area contributed by atoms with Crippen LogP contribution >= 0.6 is 0 Å². The monoisotopic (exact) mass is 509 g/mol. The van der Waals surface area contributed by atoms with Crippen LogP contribution in [0, 0.1) is 0 Å². The number of piperidine rings is 1. The van der Waals surface area contributed by atoms with Crippen LogP contribution in [0.3, 0.4) is 0 Å². The topological polar surface area (TPSA) is 79.5 Å². The van der Waals surface area contributed by atoms with E-state index in [1.165, 1.54) is 24.2 Å². The third kappa shape index (κ3) is 4.16. The molecule has 196 valence electrons.